The first-order valence-electron chi connectivity index (χ1n) is 8.51. The average Bonchev–Trinajstić information content (AvgIpc) is 2.69. The van der Waals surface area contributed by atoms with Crippen molar-refractivity contribution < 1.29 is 0 Å². The minimum Gasteiger partial charge on any atom is -0.314 e. The first-order valence-corrected chi connectivity index (χ1v) is 8.89. The Bertz CT molecular complexity index is 401. The fraction of sp³-hybridized carbons (Fsp3) is 0.824. The zero-order valence-corrected chi connectivity index (χ0v) is 15.0. The largest absolute Gasteiger partial charge is 0.314 e. The Kier molecular flexibility index (Phi) is 9.02. The predicted octanol–water partition coefficient (Wildman–Crippen LogP) is 4.65. The molecule has 3 nitrogen and oxygen atoms in total. The lowest BCUT2D eigenvalue weighted by atomic mass is 10.00. The molecule has 0 aliphatic rings. The second-order valence-electron chi connectivity index (χ2n) is 5.99. The molecule has 0 aromatic carbocycles. The van der Waals surface area contributed by atoms with Crippen LogP contribution in [0.15, 0.2) is 0 Å². The van der Waals surface area contributed by atoms with Crippen LogP contribution in [-0.4, -0.2) is 22.4 Å². The van der Waals surface area contributed by atoms with Crippen LogP contribution in [0.1, 0.15) is 70.1 Å². The summed E-state index contributed by atoms with van der Waals surface area (Å²) in [5, 5.41) is 8.80. The standard InChI is InChI=1S/C17H32ClN3/c1-5-7-8-9-10-11-12-15(19-6-2)13-16-14(3)20-21(4)17(16)18/h15,19H,5-13H2,1-4H3. The van der Waals surface area contributed by atoms with E-state index in [9.17, 15) is 0 Å². The molecule has 0 saturated carbocycles. The Morgan fingerprint density at radius 2 is 1.81 bits per heavy atom. The molecule has 0 aliphatic heterocycles. The molecule has 1 aromatic rings. The van der Waals surface area contributed by atoms with Crippen LogP contribution < -0.4 is 5.32 Å². The summed E-state index contributed by atoms with van der Waals surface area (Å²) in [7, 11) is 1.91. The van der Waals surface area contributed by atoms with Gasteiger partial charge in [0, 0.05) is 18.7 Å². The molecule has 0 amide bonds. The van der Waals surface area contributed by atoms with Gasteiger partial charge >= 0.3 is 0 Å². The van der Waals surface area contributed by atoms with Crippen LogP contribution in [0.25, 0.3) is 0 Å². The van der Waals surface area contributed by atoms with E-state index in [1.54, 1.807) is 4.68 Å². The third-order valence-corrected chi connectivity index (χ3v) is 4.59. The zero-order chi connectivity index (χ0) is 15.7. The summed E-state index contributed by atoms with van der Waals surface area (Å²) in [6.07, 6.45) is 10.3. The summed E-state index contributed by atoms with van der Waals surface area (Å²) < 4.78 is 1.78. The Morgan fingerprint density at radius 3 is 2.38 bits per heavy atom. The van der Waals surface area contributed by atoms with E-state index in [4.69, 9.17) is 11.6 Å². The number of aromatic nitrogens is 2. The van der Waals surface area contributed by atoms with Crippen LogP contribution in [0.2, 0.25) is 5.15 Å². The van der Waals surface area contributed by atoms with E-state index in [0.29, 0.717) is 6.04 Å². The highest BCUT2D eigenvalue weighted by atomic mass is 35.5. The molecule has 0 fully saturated rings. The molecule has 4 heteroatoms. The van der Waals surface area contributed by atoms with Crippen LogP contribution in [0.5, 0.6) is 0 Å². The molecular formula is C17H32ClN3. The molecule has 1 N–H and O–H groups in total. The molecule has 1 rings (SSSR count). The molecule has 1 aromatic heterocycles. The quantitative estimate of drug-likeness (QED) is 0.602. The first-order chi connectivity index (χ1) is 10.1. The maximum atomic E-state index is 6.35. The van der Waals surface area contributed by atoms with E-state index in [1.165, 1.54) is 50.5 Å². The highest BCUT2D eigenvalue weighted by molar-refractivity contribution is 6.30. The number of aryl methyl sites for hydroxylation is 2. The van der Waals surface area contributed by atoms with E-state index in [2.05, 4.69) is 31.2 Å². The monoisotopic (exact) mass is 313 g/mol. The SMILES string of the molecule is CCCCCCCCC(Cc1c(C)nn(C)c1Cl)NCC. The van der Waals surface area contributed by atoms with Gasteiger partial charge in [0.2, 0.25) is 0 Å². The van der Waals surface area contributed by atoms with Crippen LogP contribution >= 0.6 is 11.6 Å². The minimum absolute atomic E-state index is 0.515. The maximum absolute atomic E-state index is 6.35. The van der Waals surface area contributed by atoms with Crippen molar-refractivity contribution in [3.05, 3.63) is 16.4 Å². The van der Waals surface area contributed by atoms with Gasteiger partial charge < -0.3 is 5.32 Å². The molecule has 0 radical (unpaired) electrons. The maximum Gasteiger partial charge on any atom is 0.130 e. The molecule has 21 heavy (non-hydrogen) atoms. The summed E-state index contributed by atoms with van der Waals surface area (Å²) in [5.74, 6) is 0. The Labute approximate surface area is 135 Å². The normalized spacial score (nSPS) is 12.8. The van der Waals surface area contributed by atoms with Gasteiger partial charge in [0.15, 0.2) is 0 Å². The highest BCUT2D eigenvalue weighted by Crippen LogP contribution is 2.22. The number of nitrogens with one attached hydrogen (secondary N) is 1. The minimum atomic E-state index is 0.515. The van der Waals surface area contributed by atoms with Crippen molar-refractivity contribution in [1.29, 1.82) is 0 Å². The topological polar surface area (TPSA) is 29.9 Å². The molecule has 0 bridgehead atoms. The van der Waals surface area contributed by atoms with Crippen molar-refractivity contribution in [2.45, 2.75) is 78.2 Å². The molecule has 122 valence electrons. The number of hydrogen-bond donors (Lipinski definition) is 1. The Balaban J connectivity index is 2.42. The molecule has 1 atom stereocenters. The van der Waals surface area contributed by atoms with Crippen molar-refractivity contribution in [1.82, 2.24) is 15.1 Å². The second kappa shape index (κ2) is 10.2. The summed E-state index contributed by atoms with van der Waals surface area (Å²) in [6, 6.07) is 0.515. The van der Waals surface area contributed by atoms with Crippen molar-refractivity contribution in [2.24, 2.45) is 7.05 Å². The number of hydrogen-bond acceptors (Lipinski definition) is 2. The van der Waals surface area contributed by atoms with Gasteiger partial charge in [-0.15, -0.1) is 0 Å². The molecule has 1 unspecified atom stereocenters. The van der Waals surface area contributed by atoms with E-state index >= 15 is 0 Å². The fourth-order valence-electron chi connectivity index (χ4n) is 2.89. The smallest absolute Gasteiger partial charge is 0.130 e. The van der Waals surface area contributed by atoms with Crippen molar-refractivity contribution in [3.63, 3.8) is 0 Å². The summed E-state index contributed by atoms with van der Waals surface area (Å²) >= 11 is 6.35. The highest BCUT2D eigenvalue weighted by Gasteiger charge is 2.16. The third-order valence-electron chi connectivity index (χ3n) is 4.12. The van der Waals surface area contributed by atoms with E-state index in [0.717, 1.165) is 23.8 Å². The summed E-state index contributed by atoms with van der Waals surface area (Å²) in [5.41, 5.74) is 2.27. The van der Waals surface area contributed by atoms with Crippen LogP contribution in [0, 0.1) is 6.92 Å². The van der Waals surface area contributed by atoms with Crippen molar-refractivity contribution in [3.8, 4) is 0 Å². The Morgan fingerprint density at radius 1 is 1.14 bits per heavy atom. The lowest BCUT2D eigenvalue weighted by molar-refractivity contribution is 0.459. The average molecular weight is 314 g/mol. The van der Waals surface area contributed by atoms with Gasteiger partial charge in [0.1, 0.15) is 5.15 Å². The third kappa shape index (κ3) is 6.39. The molecule has 0 spiro atoms. The van der Waals surface area contributed by atoms with Gasteiger partial charge in [-0.05, 0) is 26.3 Å². The number of rotatable bonds is 11. The number of halogens is 1. The van der Waals surface area contributed by atoms with Gasteiger partial charge in [0.05, 0.1) is 5.69 Å². The molecule has 0 aliphatic carbocycles. The molecular weight excluding hydrogens is 282 g/mol. The zero-order valence-electron chi connectivity index (χ0n) is 14.2. The van der Waals surface area contributed by atoms with Gasteiger partial charge in [-0.25, -0.2) is 0 Å². The summed E-state index contributed by atoms with van der Waals surface area (Å²) in [4.78, 5) is 0. The number of likely N-dealkylation sites (N-methyl/N-ethyl adjacent to an activating group) is 1. The summed E-state index contributed by atoms with van der Waals surface area (Å²) in [6.45, 7) is 7.50. The van der Waals surface area contributed by atoms with Gasteiger partial charge in [0.25, 0.3) is 0 Å². The number of unbranched alkanes of at least 4 members (excludes halogenated alkanes) is 5. The van der Waals surface area contributed by atoms with Gasteiger partial charge in [-0.1, -0.05) is 64.0 Å². The number of nitrogens with zero attached hydrogens (tertiary/aromatic N) is 2. The van der Waals surface area contributed by atoms with E-state index in [-0.39, 0.29) is 0 Å². The van der Waals surface area contributed by atoms with E-state index in [1.807, 2.05) is 7.05 Å². The first kappa shape index (κ1) is 18.5. The van der Waals surface area contributed by atoms with Crippen LogP contribution in [0.4, 0.5) is 0 Å². The van der Waals surface area contributed by atoms with Gasteiger partial charge in [-0.3, -0.25) is 4.68 Å². The lowest BCUT2D eigenvalue weighted by Gasteiger charge is -2.18. The second-order valence-corrected chi connectivity index (χ2v) is 6.35. The van der Waals surface area contributed by atoms with Crippen LogP contribution in [-0.2, 0) is 13.5 Å². The van der Waals surface area contributed by atoms with E-state index < -0.39 is 0 Å². The van der Waals surface area contributed by atoms with Crippen LogP contribution in [0.3, 0.4) is 0 Å². The van der Waals surface area contributed by atoms with Crippen molar-refractivity contribution in [2.75, 3.05) is 6.54 Å². The molecule has 0 saturated heterocycles. The fourth-order valence-corrected chi connectivity index (χ4v) is 3.14. The van der Waals surface area contributed by atoms with Crippen molar-refractivity contribution >= 4 is 11.6 Å². The van der Waals surface area contributed by atoms with Gasteiger partial charge in [-0.2, -0.15) is 5.10 Å². The Hall–Kier alpha value is -0.540. The predicted molar refractivity (Wildman–Crippen MR) is 92.1 cm³/mol. The molecule has 1 heterocycles. The lowest BCUT2D eigenvalue weighted by Crippen LogP contribution is -2.31.